The molecular weight excluding hydrogens is 208 g/mol. The van der Waals surface area contributed by atoms with Crippen molar-refractivity contribution in [2.24, 2.45) is 0 Å². The number of anilines is 1. The third-order valence-corrected chi connectivity index (χ3v) is 2.94. The summed E-state index contributed by atoms with van der Waals surface area (Å²) in [6.45, 7) is 6.65. The maximum atomic E-state index is 4.52. The number of fused-ring (bicyclic) bond motifs is 1. The normalized spacial score (nSPS) is 10.7. The zero-order valence-electron chi connectivity index (χ0n) is 10.7. The van der Waals surface area contributed by atoms with E-state index in [-0.39, 0.29) is 0 Å². The molecule has 0 aliphatic rings. The molecule has 0 aliphatic heterocycles. The number of rotatable bonds is 5. The van der Waals surface area contributed by atoms with E-state index >= 15 is 0 Å². The largest absolute Gasteiger partial charge is 0.370 e. The van der Waals surface area contributed by atoms with Crippen LogP contribution in [0.3, 0.4) is 0 Å². The molecule has 2 rings (SSSR count). The summed E-state index contributed by atoms with van der Waals surface area (Å²) in [5.41, 5.74) is 2.39. The highest BCUT2D eigenvalue weighted by molar-refractivity contribution is 5.90. The molecule has 0 amide bonds. The SMILES string of the molecule is CCCN(CCC)c1cccc2cccnc12. The average molecular weight is 228 g/mol. The van der Waals surface area contributed by atoms with Crippen molar-refractivity contribution >= 4 is 16.6 Å². The Labute approximate surface area is 103 Å². The number of pyridine rings is 1. The highest BCUT2D eigenvalue weighted by Gasteiger charge is 2.08. The van der Waals surface area contributed by atoms with E-state index in [1.165, 1.54) is 23.9 Å². The molecule has 0 N–H and O–H groups in total. The Bertz CT molecular complexity index is 468. The third-order valence-electron chi connectivity index (χ3n) is 2.94. The summed E-state index contributed by atoms with van der Waals surface area (Å²) in [5.74, 6) is 0. The van der Waals surface area contributed by atoms with Gasteiger partial charge in [-0.15, -0.1) is 0 Å². The molecule has 0 atom stereocenters. The summed E-state index contributed by atoms with van der Waals surface area (Å²) in [4.78, 5) is 6.96. The summed E-state index contributed by atoms with van der Waals surface area (Å²) in [6, 6.07) is 10.6. The van der Waals surface area contributed by atoms with Crippen LogP contribution in [0.15, 0.2) is 36.5 Å². The maximum Gasteiger partial charge on any atom is 0.0935 e. The Morgan fingerprint density at radius 2 is 1.71 bits per heavy atom. The molecule has 0 saturated heterocycles. The molecular formula is C15H20N2. The molecule has 17 heavy (non-hydrogen) atoms. The molecule has 1 heterocycles. The maximum absolute atomic E-state index is 4.52. The minimum Gasteiger partial charge on any atom is -0.370 e. The molecule has 2 aromatic rings. The van der Waals surface area contributed by atoms with Gasteiger partial charge in [-0.25, -0.2) is 0 Å². The van der Waals surface area contributed by atoms with Crippen LogP contribution >= 0.6 is 0 Å². The van der Waals surface area contributed by atoms with Crippen LogP contribution in [0.4, 0.5) is 5.69 Å². The van der Waals surface area contributed by atoms with E-state index in [0.29, 0.717) is 0 Å². The number of aromatic nitrogens is 1. The molecule has 0 radical (unpaired) electrons. The lowest BCUT2D eigenvalue weighted by atomic mass is 10.1. The molecule has 90 valence electrons. The Morgan fingerprint density at radius 3 is 2.41 bits per heavy atom. The minimum absolute atomic E-state index is 1.10. The highest BCUT2D eigenvalue weighted by Crippen LogP contribution is 2.24. The van der Waals surface area contributed by atoms with Crippen LogP contribution in [0.5, 0.6) is 0 Å². The molecule has 0 bridgehead atoms. The smallest absolute Gasteiger partial charge is 0.0935 e. The first-order chi connectivity index (χ1) is 8.36. The van der Waals surface area contributed by atoms with E-state index in [1.54, 1.807) is 0 Å². The van der Waals surface area contributed by atoms with Gasteiger partial charge in [0.05, 0.1) is 11.2 Å². The van der Waals surface area contributed by atoms with E-state index in [4.69, 9.17) is 0 Å². The second-order valence-electron chi connectivity index (χ2n) is 4.34. The standard InChI is InChI=1S/C15H20N2/c1-3-11-17(12-4-2)14-9-5-7-13-8-6-10-16-15(13)14/h5-10H,3-4,11-12H2,1-2H3. The van der Waals surface area contributed by atoms with Gasteiger partial charge in [0.2, 0.25) is 0 Å². The van der Waals surface area contributed by atoms with Crippen molar-refractivity contribution in [3.63, 3.8) is 0 Å². The van der Waals surface area contributed by atoms with Crippen LogP contribution in [0.1, 0.15) is 26.7 Å². The van der Waals surface area contributed by atoms with Crippen molar-refractivity contribution in [2.75, 3.05) is 18.0 Å². The zero-order valence-corrected chi connectivity index (χ0v) is 10.7. The fraction of sp³-hybridized carbons (Fsp3) is 0.400. The van der Waals surface area contributed by atoms with Crippen molar-refractivity contribution in [2.45, 2.75) is 26.7 Å². The fourth-order valence-corrected chi connectivity index (χ4v) is 2.24. The Hall–Kier alpha value is -1.57. The van der Waals surface area contributed by atoms with Gasteiger partial charge in [-0.2, -0.15) is 0 Å². The van der Waals surface area contributed by atoms with Crippen molar-refractivity contribution in [1.82, 2.24) is 4.98 Å². The minimum atomic E-state index is 1.10. The summed E-state index contributed by atoms with van der Waals surface area (Å²) >= 11 is 0. The number of nitrogens with zero attached hydrogens (tertiary/aromatic N) is 2. The highest BCUT2D eigenvalue weighted by atomic mass is 15.1. The first kappa shape index (κ1) is 11.9. The van der Waals surface area contributed by atoms with Gasteiger partial charge < -0.3 is 4.90 Å². The van der Waals surface area contributed by atoms with Gasteiger partial charge >= 0.3 is 0 Å². The predicted molar refractivity (Wildman–Crippen MR) is 74.5 cm³/mol. The molecule has 2 nitrogen and oxygen atoms in total. The Balaban J connectivity index is 2.44. The Morgan fingerprint density at radius 1 is 1.00 bits per heavy atom. The molecule has 1 aromatic carbocycles. The number of hydrogen-bond acceptors (Lipinski definition) is 2. The fourth-order valence-electron chi connectivity index (χ4n) is 2.24. The van der Waals surface area contributed by atoms with Crippen LogP contribution in [0, 0.1) is 0 Å². The summed E-state index contributed by atoms with van der Waals surface area (Å²) in [6.07, 6.45) is 4.22. The van der Waals surface area contributed by atoms with Gasteiger partial charge in [0, 0.05) is 24.7 Å². The van der Waals surface area contributed by atoms with Crippen LogP contribution in [0.25, 0.3) is 10.9 Å². The first-order valence-corrected chi connectivity index (χ1v) is 6.45. The average Bonchev–Trinajstić information content (AvgIpc) is 2.38. The lowest BCUT2D eigenvalue weighted by molar-refractivity contribution is 0.747. The monoisotopic (exact) mass is 228 g/mol. The molecule has 1 aromatic heterocycles. The number of hydrogen-bond donors (Lipinski definition) is 0. The van der Waals surface area contributed by atoms with Gasteiger partial charge in [0.15, 0.2) is 0 Å². The van der Waals surface area contributed by atoms with E-state index in [0.717, 1.165) is 18.6 Å². The number of para-hydroxylation sites is 1. The van der Waals surface area contributed by atoms with Crippen molar-refractivity contribution in [3.05, 3.63) is 36.5 Å². The van der Waals surface area contributed by atoms with Crippen LogP contribution in [0.2, 0.25) is 0 Å². The molecule has 2 heteroatoms. The van der Waals surface area contributed by atoms with Gasteiger partial charge in [-0.05, 0) is 25.0 Å². The zero-order chi connectivity index (χ0) is 12.1. The predicted octanol–water partition coefficient (Wildman–Crippen LogP) is 3.86. The van der Waals surface area contributed by atoms with Gasteiger partial charge in [-0.1, -0.05) is 32.0 Å². The van der Waals surface area contributed by atoms with Crippen LogP contribution in [-0.4, -0.2) is 18.1 Å². The van der Waals surface area contributed by atoms with Crippen molar-refractivity contribution in [1.29, 1.82) is 0 Å². The van der Waals surface area contributed by atoms with Crippen molar-refractivity contribution in [3.8, 4) is 0 Å². The summed E-state index contributed by atoms with van der Waals surface area (Å²) in [7, 11) is 0. The van der Waals surface area contributed by atoms with Gasteiger partial charge in [-0.3, -0.25) is 4.98 Å². The van der Waals surface area contributed by atoms with Gasteiger partial charge in [0.1, 0.15) is 0 Å². The summed E-state index contributed by atoms with van der Waals surface area (Å²) < 4.78 is 0. The summed E-state index contributed by atoms with van der Waals surface area (Å²) in [5, 5.41) is 1.22. The van der Waals surface area contributed by atoms with E-state index in [9.17, 15) is 0 Å². The second kappa shape index (κ2) is 5.67. The number of benzene rings is 1. The lowest BCUT2D eigenvalue weighted by Crippen LogP contribution is -2.25. The van der Waals surface area contributed by atoms with E-state index < -0.39 is 0 Å². The molecule has 0 saturated carbocycles. The third kappa shape index (κ3) is 2.57. The Kier molecular flexibility index (Phi) is 3.97. The molecule has 0 fully saturated rings. The molecule has 0 spiro atoms. The van der Waals surface area contributed by atoms with Gasteiger partial charge in [0.25, 0.3) is 0 Å². The lowest BCUT2D eigenvalue weighted by Gasteiger charge is -2.24. The van der Waals surface area contributed by atoms with Crippen LogP contribution < -0.4 is 4.90 Å². The molecule has 0 aliphatic carbocycles. The topological polar surface area (TPSA) is 16.1 Å². The first-order valence-electron chi connectivity index (χ1n) is 6.45. The van der Waals surface area contributed by atoms with Crippen LogP contribution in [-0.2, 0) is 0 Å². The molecule has 0 unspecified atom stereocenters. The second-order valence-corrected chi connectivity index (χ2v) is 4.34. The van der Waals surface area contributed by atoms with Crippen molar-refractivity contribution < 1.29 is 0 Å². The van der Waals surface area contributed by atoms with E-state index in [1.807, 2.05) is 12.3 Å². The van der Waals surface area contributed by atoms with E-state index in [2.05, 4.69) is 48.0 Å². The quantitative estimate of drug-likeness (QED) is 0.772.